The maximum Gasteiger partial charge on any atom is 0.276 e. The van der Waals surface area contributed by atoms with Gasteiger partial charge in [-0.05, 0) is 26.1 Å². The Kier molecular flexibility index (Phi) is 5.52. The number of fused-ring (bicyclic) bond motifs is 1. The van der Waals surface area contributed by atoms with E-state index in [0.29, 0.717) is 12.1 Å². The smallest absolute Gasteiger partial charge is 0.276 e. The van der Waals surface area contributed by atoms with Gasteiger partial charge in [0.25, 0.3) is 5.56 Å². The van der Waals surface area contributed by atoms with E-state index in [1.54, 1.807) is 15.3 Å². The van der Waals surface area contributed by atoms with E-state index in [2.05, 4.69) is 29.2 Å². The van der Waals surface area contributed by atoms with Crippen molar-refractivity contribution in [1.29, 1.82) is 0 Å². The molecule has 0 aliphatic heterocycles. The van der Waals surface area contributed by atoms with E-state index >= 15 is 0 Å². The molecule has 0 unspecified atom stereocenters. The molecule has 0 fully saturated rings. The maximum atomic E-state index is 12.3. The molecule has 0 radical (unpaired) electrons. The zero-order valence-corrected chi connectivity index (χ0v) is 13.2. The second-order valence-electron chi connectivity index (χ2n) is 5.19. The van der Waals surface area contributed by atoms with Crippen LogP contribution in [0.25, 0.3) is 5.52 Å². The molecule has 2 heterocycles. The Labute approximate surface area is 125 Å². The van der Waals surface area contributed by atoms with E-state index in [1.807, 2.05) is 19.2 Å². The van der Waals surface area contributed by atoms with Crippen molar-refractivity contribution in [2.45, 2.75) is 27.3 Å². The summed E-state index contributed by atoms with van der Waals surface area (Å²) in [6.07, 6.45) is 3.63. The Bertz CT molecular complexity index is 627. The van der Waals surface area contributed by atoms with Crippen molar-refractivity contribution < 1.29 is 0 Å². The first-order valence-electron chi connectivity index (χ1n) is 7.64. The number of aromatic nitrogens is 3. The zero-order valence-electron chi connectivity index (χ0n) is 13.2. The maximum absolute atomic E-state index is 12.3. The molecule has 0 saturated carbocycles. The minimum absolute atomic E-state index is 0.0173. The van der Waals surface area contributed by atoms with Crippen LogP contribution in [0.3, 0.4) is 0 Å². The molecule has 6 nitrogen and oxygen atoms in total. The second kappa shape index (κ2) is 7.38. The summed E-state index contributed by atoms with van der Waals surface area (Å²) in [6, 6.07) is 1.83. The highest BCUT2D eigenvalue weighted by molar-refractivity contribution is 5.44. The third-order valence-corrected chi connectivity index (χ3v) is 3.75. The molecule has 0 aliphatic carbocycles. The summed E-state index contributed by atoms with van der Waals surface area (Å²) in [7, 11) is 0. The van der Waals surface area contributed by atoms with E-state index in [-0.39, 0.29) is 5.56 Å². The number of aryl methyl sites for hydroxylation is 1. The third kappa shape index (κ3) is 3.92. The van der Waals surface area contributed by atoms with Gasteiger partial charge in [-0.3, -0.25) is 4.79 Å². The Hall–Kier alpha value is -1.66. The van der Waals surface area contributed by atoms with E-state index in [9.17, 15) is 4.79 Å². The van der Waals surface area contributed by atoms with Gasteiger partial charge in [0.15, 0.2) is 0 Å². The van der Waals surface area contributed by atoms with Crippen LogP contribution in [0.2, 0.25) is 0 Å². The molecule has 0 atom stereocenters. The van der Waals surface area contributed by atoms with Crippen molar-refractivity contribution >= 4 is 5.52 Å². The van der Waals surface area contributed by atoms with Crippen LogP contribution in [0, 0.1) is 6.92 Å². The molecule has 2 aromatic rings. The Morgan fingerprint density at radius 1 is 1.24 bits per heavy atom. The van der Waals surface area contributed by atoms with Crippen LogP contribution in [0.4, 0.5) is 0 Å². The lowest BCUT2D eigenvalue weighted by atomic mass is 10.4. The number of hydrogen-bond donors (Lipinski definition) is 1. The van der Waals surface area contributed by atoms with Crippen LogP contribution in [-0.4, -0.2) is 51.8 Å². The van der Waals surface area contributed by atoms with Gasteiger partial charge in [-0.15, -0.1) is 0 Å². The Balaban J connectivity index is 1.86. The lowest BCUT2D eigenvalue weighted by Gasteiger charge is -2.18. The van der Waals surface area contributed by atoms with Crippen molar-refractivity contribution in [3.63, 3.8) is 0 Å². The van der Waals surface area contributed by atoms with Gasteiger partial charge in [0, 0.05) is 38.6 Å². The summed E-state index contributed by atoms with van der Waals surface area (Å²) in [5, 5.41) is 7.63. The van der Waals surface area contributed by atoms with Crippen LogP contribution in [0.5, 0.6) is 0 Å². The van der Waals surface area contributed by atoms with Crippen LogP contribution in [-0.2, 0) is 6.54 Å². The van der Waals surface area contributed by atoms with Crippen molar-refractivity contribution in [2.75, 3.05) is 32.7 Å². The minimum Gasteiger partial charge on any atom is -0.314 e. The fraction of sp³-hybridized carbons (Fsp3) is 0.600. The highest BCUT2D eigenvalue weighted by Crippen LogP contribution is 1.99. The monoisotopic (exact) mass is 291 g/mol. The number of nitrogens with one attached hydrogen (secondary N) is 1. The molecule has 0 aromatic carbocycles. The topological polar surface area (TPSA) is 54.6 Å². The number of rotatable bonds is 8. The molecular formula is C15H25N5O. The van der Waals surface area contributed by atoms with Crippen molar-refractivity contribution in [1.82, 2.24) is 24.4 Å². The normalized spacial score (nSPS) is 11.6. The molecular weight excluding hydrogens is 266 g/mol. The Morgan fingerprint density at radius 3 is 2.71 bits per heavy atom. The van der Waals surface area contributed by atoms with Crippen LogP contribution in [0.15, 0.2) is 23.3 Å². The van der Waals surface area contributed by atoms with Gasteiger partial charge in [0.1, 0.15) is 5.52 Å². The van der Waals surface area contributed by atoms with E-state index in [1.165, 1.54) is 0 Å². The van der Waals surface area contributed by atoms with Gasteiger partial charge in [0.05, 0.1) is 5.69 Å². The standard InChI is InChI=1S/C15H25N5O/c1-4-18(5-2)8-6-16-7-9-19-10-11-20-14(15(19)21)12-13(3)17-20/h10-12,16H,4-9H2,1-3H3. The first-order chi connectivity index (χ1) is 10.2. The van der Waals surface area contributed by atoms with Crippen molar-refractivity contribution in [2.24, 2.45) is 0 Å². The second-order valence-corrected chi connectivity index (χ2v) is 5.19. The molecule has 6 heteroatoms. The minimum atomic E-state index is 0.0173. The quantitative estimate of drug-likeness (QED) is 0.729. The molecule has 1 N–H and O–H groups in total. The van der Waals surface area contributed by atoms with Crippen LogP contribution < -0.4 is 10.9 Å². The molecule has 2 aromatic heterocycles. The van der Waals surface area contributed by atoms with Crippen LogP contribution >= 0.6 is 0 Å². The number of likely N-dealkylation sites (N-methyl/N-ethyl adjacent to an activating group) is 1. The molecule has 0 aliphatic rings. The van der Waals surface area contributed by atoms with Gasteiger partial charge < -0.3 is 14.8 Å². The molecule has 2 rings (SSSR count). The summed E-state index contributed by atoms with van der Waals surface area (Å²) in [5.41, 5.74) is 1.52. The van der Waals surface area contributed by atoms with Crippen molar-refractivity contribution in [3.05, 3.63) is 34.5 Å². The summed E-state index contributed by atoms with van der Waals surface area (Å²) in [6.45, 7) is 11.9. The van der Waals surface area contributed by atoms with Crippen LogP contribution in [0.1, 0.15) is 19.5 Å². The Morgan fingerprint density at radius 2 is 2.00 bits per heavy atom. The van der Waals surface area contributed by atoms with Gasteiger partial charge in [-0.2, -0.15) is 5.10 Å². The average molecular weight is 291 g/mol. The molecule has 21 heavy (non-hydrogen) atoms. The summed E-state index contributed by atoms with van der Waals surface area (Å²) in [5.74, 6) is 0. The fourth-order valence-electron chi connectivity index (χ4n) is 2.43. The summed E-state index contributed by atoms with van der Waals surface area (Å²) >= 11 is 0. The largest absolute Gasteiger partial charge is 0.314 e. The van der Waals surface area contributed by atoms with Gasteiger partial charge >= 0.3 is 0 Å². The first-order valence-corrected chi connectivity index (χ1v) is 7.64. The third-order valence-electron chi connectivity index (χ3n) is 3.75. The predicted octanol–water partition coefficient (Wildman–Crippen LogP) is 0.736. The van der Waals surface area contributed by atoms with Gasteiger partial charge in [0.2, 0.25) is 0 Å². The highest BCUT2D eigenvalue weighted by Gasteiger charge is 2.05. The van der Waals surface area contributed by atoms with E-state index < -0.39 is 0 Å². The SMILES string of the molecule is CCN(CC)CCNCCn1ccn2nc(C)cc2c1=O. The zero-order chi connectivity index (χ0) is 15.2. The van der Waals surface area contributed by atoms with E-state index in [4.69, 9.17) is 0 Å². The van der Waals surface area contributed by atoms with Gasteiger partial charge in [-0.1, -0.05) is 13.8 Å². The fourth-order valence-corrected chi connectivity index (χ4v) is 2.43. The number of hydrogen-bond acceptors (Lipinski definition) is 4. The summed E-state index contributed by atoms with van der Waals surface area (Å²) in [4.78, 5) is 14.6. The molecule has 0 bridgehead atoms. The molecule has 0 amide bonds. The summed E-state index contributed by atoms with van der Waals surface area (Å²) < 4.78 is 3.38. The van der Waals surface area contributed by atoms with Crippen molar-refractivity contribution in [3.8, 4) is 0 Å². The van der Waals surface area contributed by atoms with E-state index in [0.717, 1.165) is 38.4 Å². The lowest BCUT2D eigenvalue weighted by Crippen LogP contribution is -2.34. The molecule has 0 spiro atoms. The molecule has 0 saturated heterocycles. The van der Waals surface area contributed by atoms with Gasteiger partial charge in [-0.25, -0.2) is 4.52 Å². The first kappa shape index (κ1) is 15.7. The average Bonchev–Trinajstić information content (AvgIpc) is 2.86. The number of nitrogens with zero attached hydrogens (tertiary/aromatic N) is 4. The highest BCUT2D eigenvalue weighted by atomic mass is 16.1. The lowest BCUT2D eigenvalue weighted by molar-refractivity contribution is 0.302. The predicted molar refractivity (Wildman–Crippen MR) is 84.8 cm³/mol. The molecule has 116 valence electrons.